The number of aromatic amines is 1. The molecule has 3 rings (SSSR count). The van der Waals surface area contributed by atoms with Crippen LogP contribution in [0.5, 0.6) is 0 Å². The summed E-state index contributed by atoms with van der Waals surface area (Å²) in [5.41, 5.74) is 2.91. The van der Waals surface area contributed by atoms with Crippen LogP contribution in [0.4, 0.5) is 0 Å². The summed E-state index contributed by atoms with van der Waals surface area (Å²) in [6, 6.07) is 12.3. The monoisotopic (exact) mass is 449 g/mol. The van der Waals surface area contributed by atoms with Crippen molar-refractivity contribution in [2.24, 2.45) is 5.92 Å². The normalized spacial score (nSPS) is 15.0. The molecule has 0 unspecified atom stereocenters. The van der Waals surface area contributed by atoms with E-state index in [1.165, 1.54) is 5.56 Å². The highest BCUT2D eigenvalue weighted by atomic mass is 16.5. The number of amides is 1. The molecule has 33 heavy (non-hydrogen) atoms. The third-order valence-electron chi connectivity index (χ3n) is 6.45. The van der Waals surface area contributed by atoms with Gasteiger partial charge < -0.3 is 14.6 Å². The average Bonchev–Trinajstić information content (AvgIpc) is 2.79. The lowest BCUT2D eigenvalue weighted by atomic mass is 9.90. The first-order valence-electron chi connectivity index (χ1n) is 11.4. The Kier molecular flexibility index (Phi) is 8.05. The summed E-state index contributed by atoms with van der Waals surface area (Å²) < 4.78 is 5.40. The first-order chi connectivity index (χ1) is 15.8. The SMILES string of the molecule is Cc1[nH]c(=O)c(C#N)c(C)c1CCC(=O)O[C@@H](C)C(=O)N1CCC(Cc2ccccc2)CC1. The van der Waals surface area contributed by atoms with Gasteiger partial charge in [0.1, 0.15) is 11.6 Å². The van der Waals surface area contributed by atoms with Crippen LogP contribution < -0.4 is 5.56 Å². The molecule has 1 amide bonds. The molecule has 7 nitrogen and oxygen atoms in total. The van der Waals surface area contributed by atoms with Crippen LogP contribution in [-0.4, -0.2) is 41.0 Å². The summed E-state index contributed by atoms with van der Waals surface area (Å²) in [4.78, 5) is 41.5. The van der Waals surface area contributed by atoms with Gasteiger partial charge >= 0.3 is 5.97 Å². The van der Waals surface area contributed by atoms with Crippen LogP contribution in [0.15, 0.2) is 35.1 Å². The fraction of sp³-hybridized carbons (Fsp3) is 0.462. The molecule has 1 aliphatic heterocycles. The Morgan fingerprint density at radius 2 is 1.88 bits per heavy atom. The van der Waals surface area contributed by atoms with Gasteiger partial charge in [0.2, 0.25) is 0 Å². The third-order valence-corrected chi connectivity index (χ3v) is 6.45. The number of piperidine rings is 1. The molecule has 1 N–H and O–H groups in total. The Morgan fingerprint density at radius 1 is 1.21 bits per heavy atom. The number of aryl methyl sites for hydroxylation is 1. The number of hydrogen-bond acceptors (Lipinski definition) is 5. The topological polar surface area (TPSA) is 103 Å². The van der Waals surface area contributed by atoms with Crippen LogP contribution in [0.2, 0.25) is 0 Å². The molecule has 1 aromatic heterocycles. The lowest BCUT2D eigenvalue weighted by molar-refractivity contribution is -0.159. The molecule has 0 bridgehead atoms. The molecule has 1 aromatic carbocycles. The van der Waals surface area contributed by atoms with Crippen LogP contribution in [0, 0.1) is 31.1 Å². The number of nitriles is 1. The van der Waals surface area contributed by atoms with Gasteiger partial charge in [-0.25, -0.2) is 0 Å². The first-order valence-corrected chi connectivity index (χ1v) is 11.4. The van der Waals surface area contributed by atoms with Crippen LogP contribution in [0.3, 0.4) is 0 Å². The number of likely N-dealkylation sites (tertiary alicyclic amines) is 1. The van der Waals surface area contributed by atoms with Crippen molar-refractivity contribution in [3.63, 3.8) is 0 Å². The van der Waals surface area contributed by atoms with E-state index < -0.39 is 17.6 Å². The Labute approximate surface area is 194 Å². The molecule has 174 valence electrons. The van der Waals surface area contributed by atoms with E-state index in [0.717, 1.165) is 24.8 Å². The van der Waals surface area contributed by atoms with Crippen molar-refractivity contribution in [1.82, 2.24) is 9.88 Å². The van der Waals surface area contributed by atoms with Crippen LogP contribution in [0.1, 0.15) is 54.1 Å². The van der Waals surface area contributed by atoms with Crippen molar-refractivity contribution in [2.75, 3.05) is 13.1 Å². The van der Waals surface area contributed by atoms with Crippen LogP contribution in [0.25, 0.3) is 0 Å². The molecule has 1 atom stereocenters. The van der Waals surface area contributed by atoms with Crippen molar-refractivity contribution in [1.29, 1.82) is 5.26 Å². The fourth-order valence-corrected chi connectivity index (χ4v) is 4.52. The molecular formula is C26H31N3O4. The maximum Gasteiger partial charge on any atom is 0.306 e. The third kappa shape index (κ3) is 6.10. The maximum absolute atomic E-state index is 12.8. The van der Waals surface area contributed by atoms with E-state index in [1.807, 2.05) is 24.3 Å². The minimum Gasteiger partial charge on any atom is -0.453 e. The summed E-state index contributed by atoms with van der Waals surface area (Å²) >= 11 is 0. The van der Waals surface area contributed by atoms with E-state index in [9.17, 15) is 19.6 Å². The first kappa shape index (κ1) is 24.2. The zero-order chi connectivity index (χ0) is 24.0. The lowest BCUT2D eigenvalue weighted by Crippen LogP contribution is -2.44. The molecule has 0 aliphatic carbocycles. The molecule has 0 saturated carbocycles. The smallest absolute Gasteiger partial charge is 0.306 e. The van der Waals surface area contributed by atoms with Gasteiger partial charge in [-0.15, -0.1) is 0 Å². The number of esters is 1. The van der Waals surface area contributed by atoms with E-state index in [0.29, 0.717) is 36.7 Å². The van der Waals surface area contributed by atoms with Gasteiger partial charge in [-0.2, -0.15) is 5.26 Å². The van der Waals surface area contributed by atoms with Gasteiger partial charge in [-0.3, -0.25) is 14.4 Å². The van der Waals surface area contributed by atoms with E-state index in [1.54, 1.807) is 25.7 Å². The predicted molar refractivity (Wildman–Crippen MR) is 125 cm³/mol. The van der Waals surface area contributed by atoms with E-state index in [-0.39, 0.29) is 17.9 Å². The number of benzene rings is 1. The number of nitrogens with zero attached hydrogens (tertiary/aromatic N) is 2. The largest absolute Gasteiger partial charge is 0.453 e. The van der Waals surface area contributed by atoms with E-state index >= 15 is 0 Å². The molecule has 0 spiro atoms. The molecule has 1 saturated heterocycles. The number of carbonyl (C=O) groups is 2. The Morgan fingerprint density at radius 3 is 2.52 bits per heavy atom. The van der Waals surface area contributed by atoms with Crippen molar-refractivity contribution in [2.45, 2.75) is 59.0 Å². The van der Waals surface area contributed by atoms with Gasteiger partial charge in [-0.1, -0.05) is 30.3 Å². The second-order valence-corrected chi connectivity index (χ2v) is 8.76. The Hall–Kier alpha value is -3.40. The summed E-state index contributed by atoms with van der Waals surface area (Å²) in [5, 5.41) is 9.18. The second kappa shape index (κ2) is 11.0. The number of carbonyl (C=O) groups excluding carboxylic acids is 2. The van der Waals surface area contributed by atoms with Gasteiger partial charge in [-0.05, 0) is 69.1 Å². The highest BCUT2D eigenvalue weighted by Crippen LogP contribution is 2.22. The molecular weight excluding hydrogens is 418 g/mol. The number of aromatic nitrogens is 1. The molecule has 1 aliphatic rings. The molecule has 2 heterocycles. The summed E-state index contributed by atoms with van der Waals surface area (Å²) in [6.45, 7) is 6.40. The lowest BCUT2D eigenvalue weighted by Gasteiger charge is -2.33. The second-order valence-electron chi connectivity index (χ2n) is 8.76. The molecule has 0 radical (unpaired) electrons. The highest BCUT2D eigenvalue weighted by Gasteiger charge is 2.28. The number of ether oxygens (including phenoxy) is 1. The quantitative estimate of drug-likeness (QED) is 0.654. The minimum atomic E-state index is -0.837. The standard InChI is InChI=1S/C26H31N3O4/c1-17-22(18(2)28-25(31)23(17)16-27)9-10-24(30)33-19(3)26(32)29-13-11-21(12-14-29)15-20-7-5-4-6-8-20/h4-8,19,21H,9-15H2,1-3H3,(H,28,31)/t19-/m0/s1. The maximum atomic E-state index is 12.8. The average molecular weight is 450 g/mol. The van der Waals surface area contributed by atoms with Crippen molar-refractivity contribution in [3.05, 3.63) is 68.6 Å². The number of hydrogen-bond donors (Lipinski definition) is 1. The number of rotatable bonds is 7. The molecule has 7 heteroatoms. The highest BCUT2D eigenvalue weighted by molar-refractivity contribution is 5.83. The van der Waals surface area contributed by atoms with Crippen molar-refractivity contribution < 1.29 is 14.3 Å². The Balaban J connectivity index is 1.48. The number of pyridine rings is 1. The van der Waals surface area contributed by atoms with Crippen molar-refractivity contribution in [3.8, 4) is 6.07 Å². The van der Waals surface area contributed by atoms with E-state index in [4.69, 9.17) is 4.74 Å². The summed E-state index contributed by atoms with van der Waals surface area (Å²) in [5.74, 6) is -0.0839. The predicted octanol–water partition coefficient (Wildman–Crippen LogP) is 3.21. The van der Waals surface area contributed by atoms with E-state index in [2.05, 4.69) is 17.1 Å². The van der Waals surface area contributed by atoms with Crippen LogP contribution >= 0.6 is 0 Å². The molecule has 1 fully saturated rings. The van der Waals surface area contributed by atoms with Gasteiger partial charge in [0.15, 0.2) is 6.10 Å². The minimum absolute atomic E-state index is 0.0585. The van der Waals surface area contributed by atoms with Gasteiger partial charge in [0.25, 0.3) is 11.5 Å². The Bertz CT molecular complexity index is 1090. The summed E-state index contributed by atoms with van der Waals surface area (Å²) in [6.07, 6.45) is 2.45. The zero-order valence-electron chi connectivity index (χ0n) is 19.5. The van der Waals surface area contributed by atoms with Crippen molar-refractivity contribution >= 4 is 11.9 Å². The fourth-order valence-electron chi connectivity index (χ4n) is 4.52. The van der Waals surface area contributed by atoms with Gasteiger partial charge in [0.05, 0.1) is 0 Å². The number of nitrogens with one attached hydrogen (secondary N) is 1. The number of H-pyrrole nitrogens is 1. The zero-order valence-corrected chi connectivity index (χ0v) is 19.5. The van der Waals surface area contributed by atoms with Crippen LogP contribution in [-0.2, 0) is 27.2 Å². The molecule has 2 aromatic rings. The summed E-state index contributed by atoms with van der Waals surface area (Å²) in [7, 11) is 0. The van der Waals surface area contributed by atoms with Gasteiger partial charge in [0, 0.05) is 25.2 Å².